The van der Waals surface area contributed by atoms with Crippen molar-refractivity contribution in [2.45, 2.75) is 18.9 Å². The van der Waals surface area contributed by atoms with E-state index in [2.05, 4.69) is 20.7 Å². The first-order chi connectivity index (χ1) is 16.2. The van der Waals surface area contributed by atoms with E-state index in [1.165, 1.54) is 0 Å². The molecule has 1 aromatic carbocycles. The Morgan fingerprint density at radius 3 is 2.82 bits per heavy atom. The van der Waals surface area contributed by atoms with Crippen LogP contribution in [-0.4, -0.2) is 71.7 Å². The molecule has 3 N–H and O–H groups in total. The van der Waals surface area contributed by atoms with E-state index in [1.807, 2.05) is 42.8 Å². The van der Waals surface area contributed by atoms with E-state index in [0.717, 1.165) is 61.1 Å². The molecule has 0 aliphatic carbocycles. The Hall–Kier alpha value is -2.98. The molecule has 1 unspecified atom stereocenters. The highest BCUT2D eigenvalue weighted by atomic mass is 16.5. The fourth-order valence-corrected chi connectivity index (χ4v) is 4.43. The Labute approximate surface area is 192 Å². The number of amides is 1. The number of carbonyl (C=O) groups excluding carboxylic acids is 1. The number of carbonyl (C=O) groups is 1. The first-order valence-electron chi connectivity index (χ1n) is 11.4. The van der Waals surface area contributed by atoms with Crippen molar-refractivity contribution in [2.75, 3.05) is 45.9 Å². The Morgan fingerprint density at radius 1 is 1.21 bits per heavy atom. The number of piperazine rings is 1. The predicted octanol–water partition coefficient (Wildman–Crippen LogP) is 1.84. The molecule has 0 bridgehead atoms. The second kappa shape index (κ2) is 9.88. The molecule has 2 aliphatic heterocycles. The van der Waals surface area contributed by atoms with E-state index in [0.29, 0.717) is 24.7 Å². The quantitative estimate of drug-likeness (QED) is 0.500. The third-order valence-electron chi connectivity index (χ3n) is 6.40. The summed E-state index contributed by atoms with van der Waals surface area (Å²) in [5.41, 5.74) is 9.46. The van der Waals surface area contributed by atoms with Gasteiger partial charge in [0.1, 0.15) is 17.9 Å². The molecule has 2 saturated heterocycles. The van der Waals surface area contributed by atoms with E-state index in [4.69, 9.17) is 14.3 Å². The minimum absolute atomic E-state index is 0.192. The van der Waals surface area contributed by atoms with Crippen molar-refractivity contribution in [2.24, 2.45) is 0 Å². The summed E-state index contributed by atoms with van der Waals surface area (Å²) >= 11 is 0. The summed E-state index contributed by atoms with van der Waals surface area (Å²) in [7, 11) is 0. The number of nitrogens with one attached hydrogen (secondary N) is 2. The predicted molar refractivity (Wildman–Crippen MR) is 123 cm³/mol. The number of aliphatic hydroxyl groups excluding tert-OH is 1. The van der Waals surface area contributed by atoms with Gasteiger partial charge in [-0.1, -0.05) is 6.07 Å². The third-order valence-corrected chi connectivity index (χ3v) is 6.40. The van der Waals surface area contributed by atoms with Gasteiger partial charge >= 0.3 is 0 Å². The third kappa shape index (κ3) is 5.01. The van der Waals surface area contributed by atoms with Gasteiger partial charge in [-0.2, -0.15) is 0 Å². The lowest BCUT2D eigenvalue weighted by molar-refractivity contribution is -0.135. The first kappa shape index (κ1) is 21.8. The van der Waals surface area contributed by atoms with E-state index < -0.39 is 6.61 Å². The van der Waals surface area contributed by atoms with Gasteiger partial charge in [0.2, 0.25) is 11.8 Å². The SMILES string of the molecule is O=C(CO)N1CCN(CCc2coc3cc(Oc4ccc(C5CCNN5)cn4)ccc23)CC1. The van der Waals surface area contributed by atoms with Gasteiger partial charge in [-0.3, -0.25) is 20.5 Å². The Balaban J connectivity index is 1.17. The summed E-state index contributed by atoms with van der Waals surface area (Å²) in [6.07, 6.45) is 5.58. The van der Waals surface area contributed by atoms with Crippen LogP contribution in [0.2, 0.25) is 0 Å². The van der Waals surface area contributed by atoms with Crippen LogP contribution in [0.15, 0.2) is 47.2 Å². The van der Waals surface area contributed by atoms with Crippen LogP contribution < -0.4 is 15.6 Å². The van der Waals surface area contributed by atoms with Crippen molar-refractivity contribution in [1.29, 1.82) is 0 Å². The molecule has 5 rings (SSSR count). The molecular formula is C24H29N5O4. The molecule has 0 saturated carbocycles. The summed E-state index contributed by atoms with van der Waals surface area (Å²) in [6.45, 7) is 4.40. The highest BCUT2D eigenvalue weighted by molar-refractivity contribution is 5.82. The van der Waals surface area contributed by atoms with Crippen molar-refractivity contribution >= 4 is 16.9 Å². The number of aromatic nitrogens is 1. The van der Waals surface area contributed by atoms with Gasteiger partial charge in [0.05, 0.1) is 6.26 Å². The average molecular weight is 452 g/mol. The molecule has 4 heterocycles. The van der Waals surface area contributed by atoms with Gasteiger partial charge in [0.15, 0.2) is 0 Å². The van der Waals surface area contributed by atoms with Crippen LogP contribution in [0.25, 0.3) is 11.0 Å². The second-order valence-electron chi connectivity index (χ2n) is 8.49. The Kier molecular flexibility index (Phi) is 6.54. The Morgan fingerprint density at radius 2 is 2.09 bits per heavy atom. The number of hydrazine groups is 1. The lowest BCUT2D eigenvalue weighted by atomic mass is 10.1. The summed E-state index contributed by atoms with van der Waals surface area (Å²) in [6, 6.07) is 10.1. The van der Waals surface area contributed by atoms with Crippen LogP contribution in [0.3, 0.4) is 0 Å². The molecule has 0 spiro atoms. The van der Waals surface area contributed by atoms with Crippen molar-refractivity contribution in [3.63, 3.8) is 0 Å². The molecule has 1 amide bonds. The summed E-state index contributed by atoms with van der Waals surface area (Å²) in [4.78, 5) is 20.1. The number of hydrogen-bond acceptors (Lipinski definition) is 8. The van der Waals surface area contributed by atoms with Gasteiger partial charge in [-0.15, -0.1) is 0 Å². The summed E-state index contributed by atoms with van der Waals surface area (Å²) in [5.74, 6) is 1.05. The highest BCUT2D eigenvalue weighted by Crippen LogP contribution is 2.29. The minimum atomic E-state index is -0.413. The van der Waals surface area contributed by atoms with Crippen LogP contribution in [0, 0.1) is 0 Å². The Bertz CT molecular complexity index is 1090. The molecular weight excluding hydrogens is 422 g/mol. The van der Waals surface area contributed by atoms with E-state index in [1.54, 1.807) is 4.90 Å². The van der Waals surface area contributed by atoms with E-state index in [-0.39, 0.29) is 11.9 Å². The molecule has 2 fully saturated rings. The first-order valence-corrected chi connectivity index (χ1v) is 11.4. The normalized spacial score (nSPS) is 19.3. The maximum absolute atomic E-state index is 11.6. The number of pyridine rings is 1. The number of nitrogens with zero attached hydrogens (tertiary/aromatic N) is 3. The molecule has 9 nitrogen and oxygen atoms in total. The number of hydrogen-bond donors (Lipinski definition) is 3. The van der Waals surface area contributed by atoms with Crippen molar-refractivity contribution in [3.05, 3.63) is 53.9 Å². The highest BCUT2D eigenvalue weighted by Gasteiger charge is 2.20. The molecule has 3 aromatic rings. The van der Waals surface area contributed by atoms with Gasteiger partial charge < -0.3 is 19.2 Å². The van der Waals surface area contributed by atoms with Crippen molar-refractivity contribution in [1.82, 2.24) is 25.6 Å². The minimum Gasteiger partial charge on any atom is -0.464 e. The van der Waals surface area contributed by atoms with E-state index in [9.17, 15) is 4.79 Å². The van der Waals surface area contributed by atoms with Gasteiger partial charge in [-0.25, -0.2) is 4.98 Å². The smallest absolute Gasteiger partial charge is 0.248 e. The standard InChI is InChI=1S/C24H29N5O4/c30-15-24(31)29-11-9-28(10-12-29)8-6-18-16-32-22-13-19(2-3-20(18)22)33-23-4-1-17(14-25-23)21-5-7-26-27-21/h1-4,13-14,16,21,26-27,30H,5-12,15H2. The molecule has 9 heteroatoms. The number of fused-ring (bicyclic) bond motifs is 1. The largest absolute Gasteiger partial charge is 0.464 e. The number of rotatable bonds is 7. The number of aliphatic hydroxyl groups is 1. The lowest BCUT2D eigenvalue weighted by Gasteiger charge is -2.34. The number of ether oxygens (including phenoxy) is 1. The fourth-order valence-electron chi connectivity index (χ4n) is 4.43. The molecule has 2 aromatic heterocycles. The van der Waals surface area contributed by atoms with Gasteiger partial charge in [-0.05, 0) is 36.1 Å². The van der Waals surface area contributed by atoms with Crippen LogP contribution in [0.5, 0.6) is 11.6 Å². The van der Waals surface area contributed by atoms with E-state index >= 15 is 0 Å². The monoisotopic (exact) mass is 451 g/mol. The summed E-state index contributed by atoms with van der Waals surface area (Å²) < 4.78 is 11.7. The number of benzene rings is 1. The average Bonchev–Trinajstić information content (AvgIpc) is 3.53. The zero-order valence-corrected chi connectivity index (χ0v) is 18.5. The van der Waals surface area contributed by atoms with Crippen LogP contribution in [-0.2, 0) is 11.2 Å². The zero-order chi connectivity index (χ0) is 22.6. The van der Waals surface area contributed by atoms with Crippen molar-refractivity contribution in [3.8, 4) is 11.6 Å². The maximum atomic E-state index is 11.6. The summed E-state index contributed by atoms with van der Waals surface area (Å²) in [5, 5.41) is 10.1. The van der Waals surface area contributed by atoms with Gasteiger partial charge in [0, 0.05) is 69.0 Å². The molecule has 2 aliphatic rings. The molecule has 174 valence electrons. The topological polar surface area (TPSA) is 103 Å². The molecule has 1 atom stereocenters. The number of furan rings is 1. The van der Waals surface area contributed by atoms with Crippen LogP contribution in [0.1, 0.15) is 23.6 Å². The molecule has 0 radical (unpaired) electrons. The van der Waals surface area contributed by atoms with Crippen molar-refractivity contribution < 1.29 is 19.1 Å². The fraction of sp³-hybridized carbons (Fsp3) is 0.417. The van der Waals surface area contributed by atoms with Crippen LogP contribution in [0.4, 0.5) is 0 Å². The molecule has 33 heavy (non-hydrogen) atoms. The second-order valence-corrected chi connectivity index (χ2v) is 8.49. The lowest BCUT2D eigenvalue weighted by Crippen LogP contribution is -2.49. The maximum Gasteiger partial charge on any atom is 0.248 e. The van der Waals surface area contributed by atoms with Gasteiger partial charge in [0.25, 0.3) is 0 Å². The zero-order valence-electron chi connectivity index (χ0n) is 18.5. The van der Waals surface area contributed by atoms with Crippen LogP contribution >= 0.6 is 0 Å².